The van der Waals surface area contributed by atoms with Crippen LogP contribution in [0.1, 0.15) is 25.0 Å². The van der Waals surface area contributed by atoms with Gasteiger partial charge in [-0.1, -0.05) is 37.7 Å². The van der Waals surface area contributed by atoms with E-state index in [0.29, 0.717) is 34.9 Å². The number of urea groups is 1. The third kappa shape index (κ3) is 5.29. The summed E-state index contributed by atoms with van der Waals surface area (Å²) in [5.74, 6) is 1.21. The van der Waals surface area contributed by atoms with Crippen LogP contribution in [0.2, 0.25) is 0 Å². The Labute approximate surface area is 179 Å². The summed E-state index contributed by atoms with van der Waals surface area (Å²) < 4.78 is 7.37. The SMILES string of the molecule is Cc1cccc(NC(=O)NC(=O)CSc2nnc(-c3ccco3)n2CC(C)C)c1C. The van der Waals surface area contributed by atoms with Gasteiger partial charge >= 0.3 is 6.03 Å². The predicted octanol–water partition coefficient (Wildman–Crippen LogP) is 4.25. The molecule has 0 saturated carbocycles. The van der Waals surface area contributed by atoms with Gasteiger partial charge in [0.15, 0.2) is 16.7 Å². The lowest BCUT2D eigenvalue weighted by molar-refractivity contribution is -0.117. The molecule has 0 aliphatic heterocycles. The van der Waals surface area contributed by atoms with Crippen molar-refractivity contribution in [1.82, 2.24) is 20.1 Å². The average molecular weight is 428 g/mol. The van der Waals surface area contributed by atoms with Gasteiger partial charge in [0, 0.05) is 12.2 Å². The molecule has 0 bridgehead atoms. The molecule has 3 rings (SSSR count). The first-order chi connectivity index (χ1) is 14.3. The molecule has 0 aliphatic carbocycles. The largest absolute Gasteiger partial charge is 0.461 e. The molecular formula is C21H25N5O3S. The number of rotatable bonds is 7. The quantitative estimate of drug-likeness (QED) is 0.547. The van der Waals surface area contributed by atoms with Gasteiger partial charge in [-0.05, 0) is 49.1 Å². The molecule has 0 spiro atoms. The van der Waals surface area contributed by atoms with Gasteiger partial charge in [0.2, 0.25) is 5.91 Å². The van der Waals surface area contributed by atoms with Gasteiger partial charge in [0.1, 0.15) is 0 Å². The fraction of sp³-hybridized carbons (Fsp3) is 0.333. The highest BCUT2D eigenvalue weighted by Crippen LogP contribution is 2.25. The fourth-order valence-electron chi connectivity index (χ4n) is 2.85. The maximum absolute atomic E-state index is 12.3. The molecule has 0 aliphatic rings. The number of imide groups is 1. The van der Waals surface area contributed by atoms with Crippen molar-refractivity contribution in [3.63, 3.8) is 0 Å². The Hall–Kier alpha value is -3.07. The number of benzene rings is 1. The van der Waals surface area contributed by atoms with E-state index < -0.39 is 11.9 Å². The molecule has 30 heavy (non-hydrogen) atoms. The van der Waals surface area contributed by atoms with Crippen LogP contribution < -0.4 is 10.6 Å². The molecule has 0 atom stereocenters. The van der Waals surface area contributed by atoms with E-state index in [0.717, 1.165) is 11.1 Å². The number of thioether (sulfide) groups is 1. The lowest BCUT2D eigenvalue weighted by Crippen LogP contribution is -2.35. The lowest BCUT2D eigenvalue weighted by atomic mass is 10.1. The number of carbonyl (C=O) groups excluding carboxylic acids is 2. The molecule has 0 radical (unpaired) electrons. The van der Waals surface area contributed by atoms with Crippen LogP contribution in [0.25, 0.3) is 11.6 Å². The molecule has 0 fully saturated rings. The summed E-state index contributed by atoms with van der Waals surface area (Å²) in [6, 6.07) is 8.66. The Morgan fingerprint density at radius 1 is 1.17 bits per heavy atom. The van der Waals surface area contributed by atoms with Crippen LogP contribution in [0.5, 0.6) is 0 Å². The van der Waals surface area contributed by atoms with E-state index in [2.05, 4.69) is 34.7 Å². The summed E-state index contributed by atoms with van der Waals surface area (Å²) in [4.78, 5) is 24.4. The highest BCUT2D eigenvalue weighted by atomic mass is 32.2. The Bertz CT molecular complexity index is 1030. The molecule has 8 nitrogen and oxygen atoms in total. The molecule has 9 heteroatoms. The Morgan fingerprint density at radius 3 is 2.67 bits per heavy atom. The van der Waals surface area contributed by atoms with Crippen LogP contribution in [-0.4, -0.2) is 32.5 Å². The van der Waals surface area contributed by atoms with Crippen LogP contribution in [0.15, 0.2) is 46.2 Å². The third-order valence-corrected chi connectivity index (χ3v) is 5.41. The summed E-state index contributed by atoms with van der Waals surface area (Å²) >= 11 is 1.22. The summed E-state index contributed by atoms with van der Waals surface area (Å²) in [7, 11) is 0. The molecule has 3 aromatic rings. The monoisotopic (exact) mass is 427 g/mol. The van der Waals surface area contributed by atoms with Gasteiger partial charge < -0.3 is 9.73 Å². The maximum atomic E-state index is 12.3. The van der Waals surface area contributed by atoms with Crippen molar-refractivity contribution in [2.24, 2.45) is 5.92 Å². The number of amides is 3. The summed E-state index contributed by atoms with van der Waals surface area (Å²) in [5.41, 5.74) is 2.70. The number of aryl methyl sites for hydroxylation is 1. The minimum Gasteiger partial charge on any atom is -0.461 e. The van der Waals surface area contributed by atoms with E-state index in [1.165, 1.54) is 11.8 Å². The van der Waals surface area contributed by atoms with Crippen molar-refractivity contribution in [2.75, 3.05) is 11.1 Å². The molecule has 0 saturated heterocycles. The number of aromatic nitrogens is 3. The van der Waals surface area contributed by atoms with Gasteiger partial charge in [-0.25, -0.2) is 4.79 Å². The first-order valence-electron chi connectivity index (χ1n) is 9.62. The number of hydrogen-bond acceptors (Lipinski definition) is 6. The van der Waals surface area contributed by atoms with Crippen LogP contribution >= 0.6 is 11.8 Å². The molecule has 3 amide bonds. The van der Waals surface area contributed by atoms with E-state index in [1.807, 2.05) is 36.6 Å². The van der Waals surface area contributed by atoms with Crippen LogP contribution in [0.4, 0.5) is 10.5 Å². The van der Waals surface area contributed by atoms with Crippen molar-refractivity contribution < 1.29 is 14.0 Å². The smallest absolute Gasteiger partial charge is 0.325 e. The summed E-state index contributed by atoms with van der Waals surface area (Å²) in [6.45, 7) is 8.74. The lowest BCUT2D eigenvalue weighted by Gasteiger charge is -2.12. The van der Waals surface area contributed by atoms with Gasteiger partial charge in [-0.15, -0.1) is 10.2 Å². The highest BCUT2D eigenvalue weighted by Gasteiger charge is 2.19. The Morgan fingerprint density at radius 2 is 1.97 bits per heavy atom. The third-order valence-electron chi connectivity index (χ3n) is 4.44. The topological polar surface area (TPSA) is 102 Å². The predicted molar refractivity (Wildman–Crippen MR) is 116 cm³/mol. The van der Waals surface area contributed by atoms with Crippen LogP contribution in [0.3, 0.4) is 0 Å². The van der Waals surface area contributed by atoms with E-state index in [1.54, 1.807) is 18.4 Å². The molecular weight excluding hydrogens is 402 g/mol. The molecule has 0 unspecified atom stereocenters. The minimum atomic E-state index is -0.561. The van der Waals surface area contributed by atoms with E-state index in [9.17, 15) is 9.59 Å². The Balaban J connectivity index is 1.61. The van der Waals surface area contributed by atoms with Crippen molar-refractivity contribution >= 4 is 29.4 Å². The normalized spacial score (nSPS) is 11.0. The summed E-state index contributed by atoms with van der Waals surface area (Å²) in [5, 5.41) is 14.1. The average Bonchev–Trinajstić information content (AvgIpc) is 3.33. The highest BCUT2D eigenvalue weighted by molar-refractivity contribution is 7.99. The number of carbonyl (C=O) groups is 2. The summed E-state index contributed by atoms with van der Waals surface area (Å²) in [6.07, 6.45) is 1.58. The molecule has 158 valence electrons. The van der Waals surface area contributed by atoms with Crippen molar-refractivity contribution in [2.45, 2.75) is 39.4 Å². The standard InChI is InChI=1S/C21H25N5O3S/c1-13(2)11-26-19(17-9-6-10-29-17)24-25-21(26)30-12-18(27)23-20(28)22-16-8-5-7-14(3)15(16)4/h5-10,13H,11-12H2,1-4H3,(H2,22,23,27,28). The number of nitrogens with zero attached hydrogens (tertiary/aromatic N) is 3. The fourth-order valence-corrected chi connectivity index (χ4v) is 3.59. The minimum absolute atomic E-state index is 0.0363. The van der Waals surface area contributed by atoms with Crippen molar-refractivity contribution in [3.8, 4) is 11.6 Å². The van der Waals surface area contributed by atoms with E-state index in [-0.39, 0.29) is 5.75 Å². The molecule has 2 heterocycles. The second-order valence-corrected chi connectivity index (χ2v) is 8.27. The first-order valence-corrected chi connectivity index (χ1v) is 10.6. The molecule has 1 aromatic carbocycles. The first kappa shape index (κ1) is 21.6. The zero-order valence-corrected chi connectivity index (χ0v) is 18.2. The van der Waals surface area contributed by atoms with E-state index in [4.69, 9.17) is 4.42 Å². The number of nitrogens with one attached hydrogen (secondary N) is 2. The second-order valence-electron chi connectivity index (χ2n) is 7.33. The van der Waals surface area contributed by atoms with Gasteiger partial charge in [-0.3, -0.25) is 14.7 Å². The van der Waals surface area contributed by atoms with Gasteiger partial charge in [-0.2, -0.15) is 0 Å². The zero-order chi connectivity index (χ0) is 21.7. The second kappa shape index (κ2) is 9.62. The zero-order valence-electron chi connectivity index (χ0n) is 17.4. The molecule has 2 N–H and O–H groups in total. The number of hydrogen-bond donors (Lipinski definition) is 2. The Kier molecular flexibility index (Phi) is 6.94. The number of anilines is 1. The van der Waals surface area contributed by atoms with Crippen molar-refractivity contribution in [1.29, 1.82) is 0 Å². The van der Waals surface area contributed by atoms with Crippen molar-refractivity contribution in [3.05, 3.63) is 47.7 Å². The number of furan rings is 1. The van der Waals surface area contributed by atoms with Gasteiger partial charge in [0.05, 0.1) is 12.0 Å². The van der Waals surface area contributed by atoms with Crippen LogP contribution in [0, 0.1) is 19.8 Å². The maximum Gasteiger partial charge on any atom is 0.325 e. The van der Waals surface area contributed by atoms with Gasteiger partial charge in [0.25, 0.3) is 0 Å². The molecule has 2 aromatic heterocycles. The van der Waals surface area contributed by atoms with E-state index >= 15 is 0 Å². The van der Waals surface area contributed by atoms with Crippen LogP contribution in [-0.2, 0) is 11.3 Å².